The number of benzene rings is 5. The third-order valence-corrected chi connectivity index (χ3v) is 8.14. The van der Waals surface area contributed by atoms with Crippen LogP contribution in [0.1, 0.15) is 24.0 Å². The van der Waals surface area contributed by atoms with Crippen molar-refractivity contribution in [3.63, 3.8) is 0 Å². The van der Waals surface area contributed by atoms with E-state index in [4.69, 9.17) is 9.40 Å². The van der Waals surface area contributed by atoms with Crippen molar-refractivity contribution >= 4 is 44.0 Å². The lowest BCUT2D eigenvalue weighted by Crippen LogP contribution is -1.95. The van der Waals surface area contributed by atoms with Crippen LogP contribution in [0, 0.1) is 0 Å². The van der Waals surface area contributed by atoms with E-state index in [-0.39, 0.29) is 0 Å². The van der Waals surface area contributed by atoms with E-state index in [0.29, 0.717) is 0 Å². The first kappa shape index (κ1) is 23.7. The van der Waals surface area contributed by atoms with E-state index >= 15 is 0 Å². The van der Waals surface area contributed by atoms with Crippen molar-refractivity contribution in [2.75, 3.05) is 0 Å². The van der Waals surface area contributed by atoms with Gasteiger partial charge in [0.25, 0.3) is 0 Å². The first-order valence-corrected chi connectivity index (χ1v) is 14.2. The van der Waals surface area contributed by atoms with Crippen molar-refractivity contribution in [3.8, 4) is 22.4 Å². The Hall–Kier alpha value is -5.21. The molecule has 2 nitrogen and oxygen atoms in total. The quantitative estimate of drug-likeness (QED) is 0.228. The first-order valence-electron chi connectivity index (χ1n) is 14.2. The Labute approximate surface area is 238 Å². The van der Waals surface area contributed by atoms with E-state index in [9.17, 15) is 0 Å². The number of furan rings is 1. The summed E-state index contributed by atoms with van der Waals surface area (Å²) in [5.41, 5.74) is 12.2. The molecule has 7 aromatic rings. The molecule has 8 rings (SSSR count). The van der Waals surface area contributed by atoms with Gasteiger partial charge in [0.15, 0.2) is 0 Å². The highest BCUT2D eigenvalue weighted by atomic mass is 16.3. The fourth-order valence-electron chi connectivity index (χ4n) is 6.18. The molecule has 0 fully saturated rings. The molecular formula is C39H27NO. The summed E-state index contributed by atoms with van der Waals surface area (Å²) in [5, 5.41) is 3.45. The first-order chi connectivity index (χ1) is 20.3. The molecule has 194 valence electrons. The lowest BCUT2D eigenvalue weighted by atomic mass is 9.88. The zero-order valence-electron chi connectivity index (χ0n) is 22.5. The van der Waals surface area contributed by atoms with Gasteiger partial charge in [-0.1, -0.05) is 109 Å². The van der Waals surface area contributed by atoms with E-state index in [2.05, 4.69) is 133 Å². The Morgan fingerprint density at radius 2 is 1.27 bits per heavy atom. The summed E-state index contributed by atoms with van der Waals surface area (Å²) in [6.07, 6.45) is 6.78. The molecule has 0 aliphatic heterocycles. The minimum atomic E-state index is 0.885. The summed E-state index contributed by atoms with van der Waals surface area (Å²) >= 11 is 0. The summed E-state index contributed by atoms with van der Waals surface area (Å²) in [5.74, 6) is 0. The van der Waals surface area contributed by atoms with Gasteiger partial charge in [-0.3, -0.25) is 0 Å². The van der Waals surface area contributed by atoms with E-state index < -0.39 is 0 Å². The molecule has 41 heavy (non-hydrogen) atoms. The van der Waals surface area contributed by atoms with Crippen LogP contribution in [0.2, 0.25) is 0 Å². The van der Waals surface area contributed by atoms with Crippen molar-refractivity contribution in [3.05, 3.63) is 151 Å². The number of allylic oxidation sites excluding steroid dienone is 4. The molecule has 0 atom stereocenters. The average Bonchev–Trinajstić information content (AvgIpc) is 3.43. The molecule has 0 saturated heterocycles. The van der Waals surface area contributed by atoms with Crippen LogP contribution in [-0.2, 0) is 0 Å². The highest BCUT2D eigenvalue weighted by Crippen LogP contribution is 2.41. The van der Waals surface area contributed by atoms with Gasteiger partial charge in [-0.15, -0.1) is 0 Å². The fourth-order valence-corrected chi connectivity index (χ4v) is 6.18. The zero-order valence-corrected chi connectivity index (χ0v) is 22.5. The SMILES string of the molecule is C1=C(c2ccccc2)CCC=C1c1cc(-c2cc(-c3ccccc3)c3ccccc3n2)cc2oc3ccccc3c12. The molecule has 0 saturated carbocycles. The average molecular weight is 526 g/mol. The van der Waals surface area contributed by atoms with Gasteiger partial charge in [-0.2, -0.15) is 0 Å². The maximum atomic E-state index is 6.48. The monoisotopic (exact) mass is 525 g/mol. The van der Waals surface area contributed by atoms with Gasteiger partial charge < -0.3 is 4.42 Å². The maximum absolute atomic E-state index is 6.48. The smallest absolute Gasteiger partial charge is 0.136 e. The predicted molar refractivity (Wildman–Crippen MR) is 172 cm³/mol. The van der Waals surface area contributed by atoms with Crippen LogP contribution >= 0.6 is 0 Å². The standard InChI is InChI=1S/C39H27NO/c1-3-12-26(13-4-1)28-16-11-17-29(22-28)34-23-30(24-38-39(34)32-19-8-10-21-37(32)41-38)36-25-33(27-14-5-2-6-15-27)31-18-7-9-20-35(31)40-36/h1-10,12-15,17-25H,11,16H2. The van der Waals surface area contributed by atoms with Gasteiger partial charge in [0.2, 0.25) is 0 Å². The molecule has 5 aromatic carbocycles. The van der Waals surface area contributed by atoms with Crippen LogP contribution in [0.15, 0.2) is 144 Å². The second-order valence-electron chi connectivity index (χ2n) is 10.7. The molecule has 0 amide bonds. The minimum absolute atomic E-state index is 0.885. The number of para-hydroxylation sites is 2. The van der Waals surface area contributed by atoms with Gasteiger partial charge in [0.05, 0.1) is 11.2 Å². The van der Waals surface area contributed by atoms with Crippen LogP contribution in [0.5, 0.6) is 0 Å². The highest BCUT2D eigenvalue weighted by molar-refractivity contribution is 6.13. The highest BCUT2D eigenvalue weighted by Gasteiger charge is 2.19. The molecule has 2 heterocycles. The van der Waals surface area contributed by atoms with Gasteiger partial charge >= 0.3 is 0 Å². The van der Waals surface area contributed by atoms with Gasteiger partial charge in [-0.25, -0.2) is 4.98 Å². The largest absolute Gasteiger partial charge is 0.456 e. The molecule has 0 N–H and O–H groups in total. The van der Waals surface area contributed by atoms with Crippen LogP contribution in [0.3, 0.4) is 0 Å². The molecule has 0 radical (unpaired) electrons. The van der Waals surface area contributed by atoms with E-state index in [1.807, 2.05) is 6.07 Å². The number of nitrogens with zero attached hydrogens (tertiary/aromatic N) is 1. The maximum Gasteiger partial charge on any atom is 0.136 e. The van der Waals surface area contributed by atoms with Crippen LogP contribution in [0.25, 0.3) is 66.4 Å². The number of pyridine rings is 1. The van der Waals surface area contributed by atoms with Crippen molar-refractivity contribution in [1.29, 1.82) is 0 Å². The molecule has 1 aliphatic carbocycles. The Morgan fingerprint density at radius 3 is 2.10 bits per heavy atom. The van der Waals surface area contributed by atoms with Crippen molar-refractivity contribution in [2.24, 2.45) is 0 Å². The summed E-state index contributed by atoms with van der Waals surface area (Å²) in [7, 11) is 0. The van der Waals surface area contributed by atoms with Crippen molar-refractivity contribution < 1.29 is 4.42 Å². The predicted octanol–water partition coefficient (Wildman–Crippen LogP) is 10.7. The summed E-state index contributed by atoms with van der Waals surface area (Å²) < 4.78 is 6.48. The fraction of sp³-hybridized carbons (Fsp3) is 0.0513. The second kappa shape index (κ2) is 9.76. The van der Waals surface area contributed by atoms with Crippen LogP contribution in [-0.4, -0.2) is 4.98 Å². The minimum Gasteiger partial charge on any atom is -0.456 e. The lowest BCUT2D eigenvalue weighted by molar-refractivity contribution is 0.669. The van der Waals surface area contributed by atoms with Crippen LogP contribution < -0.4 is 0 Å². The summed E-state index contributed by atoms with van der Waals surface area (Å²) in [4.78, 5) is 5.16. The van der Waals surface area contributed by atoms with Gasteiger partial charge in [0, 0.05) is 21.7 Å². The summed E-state index contributed by atoms with van der Waals surface area (Å²) in [6, 6.07) is 44.8. The third kappa shape index (κ3) is 4.16. The molecule has 1 aliphatic rings. The third-order valence-electron chi connectivity index (χ3n) is 8.14. The topological polar surface area (TPSA) is 26.0 Å². The number of aromatic nitrogens is 1. The molecule has 2 heteroatoms. The normalized spacial score (nSPS) is 13.5. The molecular weight excluding hydrogens is 498 g/mol. The Kier molecular flexibility index (Phi) is 5.63. The number of fused-ring (bicyclic) bond motifs is 4. The van der Waals surface area contributed by atoms with E-state index in [1.165, 1.54) is 33.4 Å². The second-order valence-corrected chi connectivity index (χ2v) is 10.7. The molecule has 2 aromatic heterocycles. The van der Waals surface area contributed by atoms with Crippen LogP contribution in [0.4, 0.5) is 0 Å². The Balaban J connectivity index is 1.38. The van der Waals surface area contributed by atoms with Crippen molar-refractivity contribution in [2.45, 2.75) is 12.8 Å². The molecule has 0 unspecified atom stereocenters. The molecule has 0 spiro atoms. The number of rotatable bonds is 4. The lowest BCUT2D eigenvalue weighted by Gasteiger charge is -2.17. The van der Waals surface area contributed by atoms with Gasteiger partial charge in [0.1, 0.15) is 11.2 Å². The number of hydrogen-bond acceptors (Lipinski definition) is 2. The van der Waals surface area contributed by atoms with E-state index in [0.717, 1.165) is 56.9 Å². The number of hydrogen-bond donors (Lipinski definition) is 0. The van der Waals surface area contributed by atoms with Gasteiger partial charge in [-0.05, 0) is 76.6 Å². The molecule has 0 bridgehead atoms. The van der Waals surface area contributed by atoms with Crippen molar-refractivity contribution in [1.82, 2.24) is 4.98 Å². The Bertz CT molecular complexity index is 2130. The van der Waals surface area contributed by atoms with E-state index in [1.54, 1.807) is 0 Å². The zero-order chi connectivity index (χ0) is 27.2. The summed E-state index contributed by atoms with van der Waals surface area (Å²) in [6.45, 7) is 0. The Morgan fingerprint density at radius 1 is 0.561 bits per heavy atom.